The second-order valence-corrected chi connectivity index (χ2v) is 11.2. The molecule has 3 aliphatic rings. The van der Waals surface area contributed by atoms with Crippen molar-refractivity contribution < 1.29 is 19.1 Å². The molecule has 0 aliphatic carbocycles. The fourth-order valence-electron chi connectivity index (χ4n) is 5.07. The molecule has 3 aliphatic heterocycles. The number of fused-ring (bicyclic) bond motifs is 1. The number of hydrogen-bond acceptors (Lipinski definition) is 7. The minimum absolute atomic E-state index is 0.0769. The molecule has 2 aromatic carbocycles. The van der Waals surface area contributed by atoms with Gasteiger partial charge < -0.3 is 19.7 Å². The van der Waals surface area contributed by atoms with Crippen molar-refractivity contribution in [2.75, 3.05) is 13.2 Å². The van der Waals surface area contributed by atoms with Gasteiger partial charge in [0.25, 0.3) is 0 Å². The van der Waals surface area contributed by atoms with Gasteiger partial charge in [-0.15, -0.1) is 0 Å². The predicted molar refractivity (Wildman–Crippen MR) is 154 cm³/mol. The van der Waals surface area contributed by atoms with Gasteiger partial charge in [-0.3, -0.25) is 4.79 Å². The Morgan fingerprint density at radius 3 is 2.62 bits per heavy atom. The van der Waals surface area contributed by atoms with E-state index in [4.69, 9.17) is 14.5 Å². The number of carbonyl (C=O) groups excluding carboxylic acids is 2. The molecule has 8 heteroatoms. The molecule has 0 radical (unpaired) electrons. The molecule has 3 heterocycles. The summed E-state index contributed by atoms with van der Waals surface area (Å²) in [5.74, 6) is -0.0939. The van der Waals surface area contributed by atoms with E-state index in [9.17, 15) is 9.59 Å². The molecular weight excluding hydrogens is 510 g/mol. The summed E-state index contributed by atoms with van der Waals surface area (Å²) in [5, 5.41) is 5.74. The Balaban J connectivity index is 1.41. The number of benzene rings is 2. The predicted octanol–water partition coefficient (Wildman–Crippen LogP) is 5.81. The highest BCUT2D eigenvalue weighted by atomic mass is 32.2. The normalized spacial score (nSPS) is 20.6. The number of nitrogens with one attached hydrogen (secondary N) is 1. The van der Waals surface area contributed by atoms with Gasteiger partial charge in [-0.25, -0.2) is 9.79 Å². The summed E-state index contributed by atoms with van der Waals surface area (Å²) < 4.78 is 11.4. The van der Waals surface area contributed by atoms with Crippen molar-refractivity contribution in [2.24, 2.45) is 4.99 Å². The minimum Gasteiger partial charge on any atom is -0.457 e. The molecule has 1 fully saturated rings. The molecule has 2 atom stereocenters. The van der Waals surface area contributed by atoms with E-state index in [1.54, 1.807) is 0 Å². The van der Waals surface area contributed by atoms with Gasteiger partial charge in [0.1, 0.15) is 6.61 Å². The zero-order chi connectivity index (χ0) is 27.4. The molecule has 0 saturated carbocycles. The van der Waals surface area contributed by atoms with E-state index in [-0.39, 0.29) is 25.0 Å². The number of hydrogen-bond donors (Lipinski definition) is 1. The largest absolute Gasteiger partial charge is 0.457 e. The lowest BCUT2D eigenvalue weighted by Gasteiger charge is -2.36. The van der Waals surface area contributed by atoms with Crippen LogP contribution in [0, 0.1) is 0 Å². The third kappa shape index (κ3) is 6.28. The van der Waals surface area contributed by atoms with Crippen molar-refractivity contribution in [3.05, 3.63) is 93.7 Å². The van der Waals surface area contributed by atoms with Crippen molar-refractivity contribution in [3.8, 4) is 0 Å². The SMILES string of the molecule is CC1=C(C(=O)OCc2ccccc2)[C@@H](c2ccc(C(C)C)cc2)N2C(CC(=O)NC[C@H]3CCCO3)=CSC2=N1. The van der Waals surface area contributed by atoms with Crippen molar-refractivity contribution in [3.63, 3.8) is 0 Å². The van der Waals surface area contributed by atoms with Crippen LogP contribution in [-0.2, 0) is 25.7 Å². The number of aliphatic imine (C=N–C) groups is 1. The van der Waals surface area contributed by atoms with Crippen LogP contribution in [0.2, 0.25) is 0 Å². The maximum absolute atomic E-state index is 13.6. The number of carbonyl (C=O) groups is 2. The Labute approximate surface area is 234 Å². The highest BCUT2D eigenvalue weighted by molar-refractivity contribution is 8.16. The quantitative estimate of drug-likeness (QED) is 0.401. The van der Waals surface area contributed by atoms with Crippen molar-refractivity contribution >= 4 is 28.8 Å². The van der Waals surface area contributed by atoms with Crippen LogP contribution in [0.25, 0.3) is 0 Å². The number of thioether (sulfide) groups is 1. The summed E-state index contributed by atoms with van der Waals surface area (Å²) in [6, 6.07) is 17.5. The van der Waals surface area contributed by atoms with Crippen LogP contribution in [0.4, 0.5) is 0 Å². The lowest BCUT2D eigenvalue weighted by molar-refractivity contribution is -0.141. The summed E-state index contributed by atoms with van der Waals surface area (Å²) >= 11 is 1.48. The second-order valence-electron chi connectivity index (χ2n) is 10.4. The zero-order valence-electron chi connectivity index (χ0n) is 22.7. The molecular formula is C31H35N3O4S. The molecule has 1 saturated heterocycles. The smallest absolute Gasteiger partial charge is 0.338 e. The van der Waals surface area contributed by atoms with Gasteiger partial charge in [-0.05, 0) is 47.8 Å². The third-order valence-electron chi connectivity index (χ3n) is 7.24. The second kappa shape index (κ2) is 12.2. The lowest BCUT2D eigenvalue weighted by atomic mass is 9.92. The number of allylic oxidation sites excluding steroid dienone is 1. The van der Waals surface area contributed by atoms with Crippen LogP contribution in [0.5, 0.6) is 0 Å². The van der Waals surface area contributed by atoms with Crippen molar-refractivity contribution in [1.82, 2.24) is 10.2 Å². The van der Waals surface area contributed by atoms with Crippen LogP contribution in [0.1, 0.15) is 68.7 Å². The maximum Gasteiger partial charge on any atom is 0.338 e. The Morgan fingerprint density at radius 2 is 1.92 bits per heavy atom. The van der Waals surface area contributed by atoms with Gasteiger partial charge >= 0.3 is 5.97 Å². The van der Waals surface area contributed by atoms with E-state index in [2.05, 4.69) is 43.4 Å². The van der Waals surface area contributed by atoms with E-state index in [0.29, 0.717) is 23.7 Å². The van der Waals surface area contributed by atoms with E-state index in [0.717, 1.165) is 41.4 Å². The standard InChI is InChI=1S/C31H35N3O4S/c1-20(2)23-11-13-24(14-12-23)29-28(30(36)38-18-22-8-5-4-6-9-22)21(3)33-31-34(29)25(19-39-31)16-27(35)32-17-26-10-7-15-37-26/h4-6,8-9,11-14,19-20,26,29H,7,10,15-18H2,1-3H3,(H,32,35)/t26-,29-/m1/s1. The fraction of sp³-hybridized carbons (Fsp3) is 0.387. The topological polar surface area (TPSA) is 80.2 Å². The summed E-state index contributed by atoms with van der Waals surface area (Å²) in [5.41, 5.74) is 5.01. The number of amidine groups is 1. The molecule has 1 N–H and O–H groups in total. The Hall–Kier alpha value is -3.36. The summed E-state index contributed by atoms with van der Waals surface area (Å²) in [4.78, 5) is 33.3. The van der Waals surface area contributed by atoms with Gasteiger partial charge in [-0.1, -0.05) is 80.2 Å². The van der Waals surface area contributed by atoms with E-state index < -0.39 is 12.0 Å². The van der Waals surface area contributed by atoms with E-state index >= 15 is 0 Å². The average Bonchev–Trinajstić information content (AvgIpc) is 3.60. The first-order chi connectivity index (χ1) is 18.9. The Kier molecular flexibility index (Phi) is 8.53. The monoisotopic (exact) mass is 545 g/mol. The maximum atomic E-state index is 13.6. The van der Waals surface area contributed by atoms with Crippen LogP contribution < -0.4 is 5.32 Å². The van der Waals surface area contributed by atoms with Crippen molar-refractivity contribution in [1.29, 1.82) is 0 Å². The molecule has 7 nitrogen and oxygen atoms in total. The number of amides is 1. The third-order valence-corrected chi connectivity index (χ3v) is 8.13. The molecule has 5 rings (SSSR count). The van der Waals surface area contributed by atoms with Crippen LogP contribution >= 0.6 is 11.8 Å². The molecule has 1 amide bonds. The summed E-state index contributed by atoms with van der Waals surface area (Å²) in [6.45, 7) is 7.60. The number of esters is 1. The summed E-state index contributed by atoms with van der Waals surface area (Å²) in [7, 11) is 0. The number of nitrogens with zero attached hydrogens (tertiary/aromatic N) is 2. The molecule has 0 unspecified atom stereocenters. The van der Waals surface area contributed by atoms with Gasteiger partial charge in [0, 0.05) is 18.8 Å². The first-order valence-corrected chi connectivity index (χ1v) is 14.4. The van der Waals surface area contributed by atoms with Crippen LogP contribution in [0.3, 0.4) is 0 Å². The molecule has 0 spiro atoms. The van der Waals surface area contributed by atoms with Crippen molar-refractivity contribution in [2.45, 2.75) is 64.7 Å². The number of ether oxygens (including phenoxy) is 2. The van der Waals surface area contributed by atoms with Gasteiger partial charge in [-0.2, -0.15) is 0 Å². The molecule has 2 aromatic rings. The highest BCUT2D eigenvalue weighted by Crippen LogP contribution is 2.45. The first kappa shape index (κ1) is 27.2. The van der Waals surface area contributed by atoms with E-state index in [1.165, 1.54) is 17.3 Å². The number of rotatable bonds is 9. The van der Waals surface area contributed by atoms with Crippen LogP contribution in [0.15, 0.2) is 82.0 Å². The average molecular weight is 546 g/mol. The van der Waals surface area contributed by atoms with E-state index in [1.807, 2.05) is 47.6 Å². The van der Waals surface area contributed by atoms with Crippen LogP contribution in [-0.4, -0.2) is 41.2 Å². The fourth-order valence-corrected chi connectivity index (χ4v) is 6.03. The molecule has 0 aromatic heterocycles. The Bertz CT molecular complexity index is 1290. The molecule has 204 valence electrons. The minimum atomic E-state index is -0.450. The van der Waals surface area contributed by atoms with Gasteiger partial charge in [0.2, 0.25) is 5.91 Å². The zero-order valence-corrected chi connectivity index (χ0v) is 23.5. The van der Waals surface area contributed by atoms with Gasteiger partial charge in [0.05, 0.1) is 29.8 Å². The Morgan fingerprint density at radius 1 is 1.15 bits per heavy atom. The molecule has 39 heavy (non-hydrogen) atoms. The van der Waals surface area contributed by atoms with Gasteiger partial charge in [0.15, 0.2) is 5.17 Å². The molecule has 0 bridgehead atoms. The lowest BCUT2D eigenvalue weighted by Crippen LogP contribution is -2.38. The summed E-state index contributed by atoms with van der Waals surface area (Å²) in [6.07, 6.45) is 2.26. The highest BCUT2D eigenvalue weighted by Gasteiger charge is 2.41. The first-order valence-electron chi connectivity index (χ1n) is 13.5.